The Labute approximate surface area is 75.2 Å². The Morgan fingerprint density at radius 3 is 2.50 bits per heavy atom. The number of benzene rings is 1. The normalized spacial score (nSPS) is 14.6. The second-order valence-corrected chi connectivity index (χ2v) is 1.73. The molecule has 0 aliphatic heterocycles. The molecule has 0 unspecified atom stereocenters. The minimum Gasteiger partial charge on any atom is -0.184 e. The van der Waals surface area contributed by atoms with Crippen LogP contribution in [0.3, 0.4) is 0 Å². The van der Waals surface area contributed by atoms with Gasteiger partial charge in [0.1, 0.15) is 0 Å². The molecule has 0 saturated heterocycles. The van der Waals surface area contributed by atoms with Crippen LogP contribution in [0.2, 0.25) is 0 Å². The third kappa shape index (κ3) is 2.57. The molecule has 0 nitrogen and oxygen atoms in total. The van der Waals surface area contributed by atoms with Crippen molar-refractivity contribution < 1.29 is 24.3 Å². The third-order valence-electron chi connectivity index (χ3n) is 0.469. The molecular formula is C6H4BrLi. The molecule has 0 radical (unpaired) electrons. The van der Waals surface area contributed by atoms with Crippen LogP contribution >= 0.6 is 15.9 Å². The molecule has 1 aromatic rings. The van der Waals surface area contributed by atoms with Gasteiger partial charge < -0.3 is 0 Å². The van der Waals surface area contributed by atoms with Gasteiger partial charge in [0.05, 0.1) is 0 Å². The molecule has 36 valence electrons. The largest absolute Gasteiger partial charge is 1.00 e. The monoisotopic (exact) mass is 166 g/mol. The fraction of sp³-hybridized carbons (Fsp3) is 0. The average Bonchev–Trinajstić information content (AvgIpc) is 1.97. The van der Waals surface area contributed by atoms with E-state index in [9.17, 15) is 0 Å². The zero-order valence-corrected chi connectivity index (χ0v) is 5.96. The maximum atomic E-state index is 7.21. The molecule has 8 heavy (non-hydrogen) atoms. The quantitative estimate of drug-likeness (QED) is 0.352. The van der Waals surface area contributed by atoms with Gasteiger partial charge in [0.15, 0.2) is 0 Å². The topological polar surface area (TPSA) is 0 Å². The first-order valence-electron chi connectivity index (χ1n) is 3.69. The van der Waals surface area contributed by atoms with Crippen LogP contribution in [0.4, 0.5) is 0 Å². The Kier molecular flexibility index (Phi) is 1.82. The molecule has 0 bridgehead atoms. The summed E-state index contributed by atoms with van der Waals surface area (Å²) in [5, 5.41) is 0. The zero-order valence-electron chi connectivity index (χ0n) is 8.38. The van der Waals surface area contributed by atoms with Gasteiger partial charge in [-0.2, -0.15) is 30.2 Å². The van der Waals surface area contributed by atoms with Crippen molar-refractivity contribution in [1.82, 2.24) is 0 Å². The molecule has 0 N–H and O–H groups in total. The van der Waals surface area contributed by atoms with Crippen LogP contribution < -0.4 is 18.9 Å². The first-order valence-corrected chi connectivity index (χ1v) is 2.48. The Bertz CT molecular complexity index is 276. The molecule has 2 heteroatoms. The molecule has 0 aromatic heterocycles. The summed E-state index contributed by atoms with van der Waals surface area (Å²) in [6.45, 7) is 0. The van der Waals surface area contributed by atoms with Gasteiger partial charge >= 0.3 is 18.9 Å². The van der Waals surface area contributed by atoms with Crippen LogP contribution in [0.25, 0.3) is 0 Å². The van der Waals surface area contributed by atoms with Gasteiger partial charge in [0.25, 0.3) is 0 Å². The van der Waals surface area contributed by atoms with Gasteiger partial charge in [0, 0.05) is 2.74 Å². The average molecular weight is 167 g/mol. The minimum atomic E-state index is -0.155. The summed E-state index contributed by atoms with van der Waals surface area (Å²) in [5.41, 5.74) is 0. The minimum absolute atomic E-state index is 0. The van der Waals surface area contributed by atoms with Crippen LogP contribution in [-0.4, -0.2) is 0 Å². The summed E-state index contributed by atoms with van der Waals surface area (Å²) in [5.74, 6) is 0. The van der Waals surface area contributed by atoms with Gasteiger partial charge in [0.2, 0.25) is 0 Å². The molecule has 0 heterocycles. The summed E-state index contributed by atoms with van der Waals surface area (Å²) < 4.78 is 28.9. The Morgan fingerprint density at radius 2 is 2.00 bits per heavy atom. The van der Waals surface area contributed by atoms with E-state index in [1.807, 2.05) is 0 Å². The van der Waals surface area contributed by atoms with E-state index in [4.69, 9.17) is 5.48 Å². The molecule has 0 aliphatic carbocycles. The van der Waals surface area contributed by atoms with E-state index in [-0.39, 0.29) is 47.5 Å². The van der Waals surface area contributed by atoms with Crippen molar-refractivity contribution in [2.24, 2.45) is 0 Å². The van der Waals surface area contributed by atoms with Crippen LogP contribution in [0.15, 0.2) is 28.6 Å². The maximum Gasteiger partial charge on any atom is 1.00 e. The molecule has 1 rings (SSSR count). The maximum absolute atomic E-state index is 7.21. The summed E-state index contributed by atoms with van der Waals surface area (Å²) in [7, 11) is 0. The van der Waals surface area contributed by atoms with Crippen molar-refractivity contribution in [3.05, 3.63) is 34.7 Å². The molecule has 0 aliphatic rings. The Morgan fingerprint density at radius 1 is 1.50 bits per heavy atom. The smallest absolute Gasteiger partial charge is 0.184 e. The first-order chi connectivity index (χ1) is 5.04. The number of rotatable bonds is 0. The molecule has 1 aromatic carbocycles. The third-order valence-corrected chi connectivity index (χ3v) is 0.866. The van der Waals surface area contributed by atoms with E-state index in [0.717, 1.165) is 0 Å². The van der Waals surface area contributed by atoms with E-state index in [0.29, 0.717) is 0 Å². The summed E-state index contributed by atoms with van der Waals surface area (Å²) in [6, 6.07) is 1.78. The fourth-order valence-corrected chi connectivity index (χ4v) is 0.433. The summed E-state index contributed by atoms with van der Waals surface area (Å²) in [6.07, 6.45) is 0. The van der Waals surface area contributed by atoms with Crippen molar-refractivity contribution in [2.45, 2.75) is 0 Å². The van der Waals surface area contributed by atoms with E-state index in [1.54, 1.807) is 0 Å². The predicted octanol–water partition coefficient (Wildman–Crippen LogP) is -0.747. The SMILES string of the molecule is [2H]c1[c-]c([2H])c([2H])c(Br)c1[2H].[Li+]. The van der Waals surface area contributed by atoms with Gasteiger partial charge in [-0.3, -0.25) is 0 Å². The second-order valence-electron chi connectivity index (χ2n) is 0.939. The van der Waals surface area contributed by atoms with E-state index in [1.165, 1.54) is 0 Å². The fourth-order valence-electron chi connectivity index (χ4n) is 0.235. The van der Waals surface area contributed by atoms with Gasteiger partial charge in [-0.25, -0.2) is 0 Å². The van der Waals surface area contributed by atoms with Crippen molar-refractivity contribution in [1.29, 1.82) is 0 Å². The van der Waals surface area contributed by atoms with Crippen molar-refractivity contribution in [3.8, 4) is 0 Å². The van der Waals surface area contributed by atoms with E-state index >= 15 is 0 Å². The van der Waals surface area contributed by atoms with Crippen LogP contribution in [0, 0.1) is 6.07 Å². The predicted molar refractivity (Wildman–Crippen MR) is 33.0 cm³/mol. The van der Waals surface area contributed by atoms with E-state index in [2.05, 4.69) is 22.0 Å². The molecule has 0 atom stereocenters. The number of halogens is 1. The van der Waals surface area contributed by atoms with Gasteiger partial charge in [-0.15, -0.1) is 0 Å². The summed E-state index contributed by atoms with van der Waals surface area (Å²) >= 11 is 2.95. The Hall–Kier alpha value is 0.297. The molecule has 0 amide bonds. The number of hydrogen-bond acceptors (Lipinski definition) is 0. The van der Waals surface area contributed by atoms with Gasteiger partial charge in [-0.05, 0) is 2.74 Å². The standard InChI is InChI=1S/C6H4Br.Li/c7-6-4-2-1-3-5-6;/h2-5H;/q-1;+1/i2D,3D,4D,5D;. The molecular weight excluding hydrogens is 159 g/mol. The molecule has 0 spiro atoms. The Balaban J connectivity index is 0.00000121. The summed E-state index contributed by atoms with van der Waals surface area (Å²) in [4.78, 5) is 0. The van der Waals surface area contributed by atoms with Crippen molar-refractivity contribution >= 4 is 15.9 Å². The van der Waals surface area contributed by atoms with Crippen LogP contribution in [0.1, 0.15) is 5.48 Å². The number of hydrogen-bond donors (Lipinski definition) is 0. The molecule has 0 fully saturated rings. The van der Waals surface area contributed by atoms with Crippen LogP contribution in [0.5, 0.6) is 0 Å². The van der Waals surface area contributed by atoms with Crippen molar-refractivity contribution in [2.75, 3.05) is 0 Å². The van der Waals surface area contributed by atoms with E-state index < -0.39 is 0 Å². The van der Waals surface area contributed by atoms with Crippen molar-refractivity contribution in [3.63, 3.8) is 0 Å². The van der Waals surface area contributed by atoms with Crippen LogP contribution in [-0.2, 0) is 0 Å². The zero-order chi connectivity index (χ0) is 8.59. The van der Waals surface area contributed by atoms with Gasteiger partial charge in [-0.1, -0.05) is 20.4 Å². The first kappa shape index (κ1) is 3.46. The second kappa shape index (κ2) is 4.20. The molecule has 0 saturated carbocycles.